The number of rotatable bonds is 3. The number of carboxylic acids is 1. The Morgan fingerprint density at radius 1 is 1.64 bits per heavy atom. The van der Waals surface area contributed by atoms with Crippen molar-refractivity contribution < 1.29 is 14.6 Å². The SMILES string of the molecule is C=C(C(=O)O)c1cnc(OC)nc1C. The molecule has 0 aromatic carbocycles. The summed E-state index contributed by atoms with van der Waals surface area (Å²) in [5.74, 6) is -1.08. The van der Waals surface area contributed by atoms with E-state index in [9.17, 15) is 4.79 Å². The minimum Gasteiger partial charge on any atom is -0.478 e. The second-order valence-corrected chi connectivity index (χ2v) is 2.64. The Balaban J connectivity index is 3.12. The maximum absolute atomic E-state index is 10.6. The number of ether oxygens (including phenoxy) is 1. The van der Waals surface area contributed by atoms with Crippen molar-refractivity contribution in [1.29, 1.82) is 0 Å². The molecule has 0 fully saturated rings. The molecule has 0 bridgehead atoms. The van der Waals surface area contributed by atoms with Crippen LogP contribution in [-0.4, -0.2) is 28.2 Å². The first-order valence-corrected chi connectivity index (χ1v) is 3.86. The molecule has 0 saturated heterocycles. The Bertz CT molecular complexity index is 388. The molecule has 0 atom stereocenters. The first-order chi connectivity index (χ1) is 6.56. The van der Waals surface area contributed by atoms with Gasteiger partial charge in [-0.3, -0.25) is 0 Å². The summed E-state index contributed by atoms with van der Waals surface area (Å²) in [5, 5.41) is 8.70. The molecule has 0 amide bonds. The summed E-state index contributed by atoms with van der Waals surface area (Å²) in [6.07, 6.45) is 1.39. The molecule has 1 rings (SSSR count). The largest absolute Gasteiger partial charge is 0.478 e. The number of hydrogen-bond donors (Lipinski definition) is 1. The highest BCUT2D eigenvalue weighted by Gasteiger charge is 2.12. The lowest BCUT2D eigenvalue weighted by atomic mass is 10.1. The van der Waals surface area contributed by atoms with E-state index in [1.807, 2.05) is 0 Å². The molecule has 0 radical (unpaired) electrons. The monoisotopic (exact) mass is 194 g/mol. The Hall–Kier alpha value is -1.91. The normalized spacial score (nSPS) is 9.57. The second-order valence-electron chi connectivity index (χ2n) is 2.64. The zero-order valence-electron chi connectivity index (χ0n) is 7.94. The Kier molecular flexibility index (Phi) is 2.81. The summed E-state index contributed by atoms with van der Waals surface area (Å²) in [6, 6.07) is 0.212. The second kappa shape index (κ2) is 3.87. The first kappa shape index (κ1) is 10.2. The van der Waals surface area contributed by atoms with Gasteiger partial charge in [0.2, 0.25) is 0 Å². The fourth-order valence-corrected chi connectivity index (χ4v) is 0.956. The number of aryl methyl sites for hydroxylation is 1. The maximum atomic E-state index is 10.6. The Morgan fingerprint density at radius 2 is 2.29 bits per heavy atom. The van der Waals surface area contributed by atoms with Gasteiger partial charge in [0, 0.05) is 11.8 Å². The number of nitrogens with zero attached hydrogens (tertiary/aromatic N) is 2. The third-order valence-electron chi connectivity index (χ3n) is 1.72. The van der Waals surface area contributed by atoms with Crippen LogP contribution < -0.4 is 4.74 Å². The molecule has 0 aliphatic rings. The van der Waals surface area contributed by atoms with Gasteiger partial charge in [-0.2, -0.15) is 4.98 Å². The number of carbonyl (C=O) groups is 1. The van der Waals surface area contributed by atoms with Gasteiger partial charge in [0.25, 0.3) is 0 Å². The summed E-state index contributed by atoms with van der Waals surface area (Å²) in [4.78, 5) is 18.4. The molecule has 0 saturated carbocycles. The smallest absolute Gasteiger partial charge is 0.335 e. The van der Waals surface area contributed by atoms with Gasteiger partial charge in [-0.1, -0.05) is 6.58 Å². The quantitative estimate of drug-likeness (QED) is 0.723. The van der Waals surface area contributed by atoms with Gasteiger partial charge in [-0.05, 0) is 6.92 Å². The van der Waals surface area contributed by atoms with Crippen molar-refractivity contribution >= 4 is 11.5 Å². The number of hydrogen-bond acceptors (Lipinski definition) is 4. The lowest BCUT2D eigenvalue weighted by Gasteiger charge is -2.04. The van der Waals surface area contributed by atoms with Gasteiger partial charge < -0.3 is 9.84 Å². The summed E-state index contributed by atoms with van der Waals surface area (Å²) in [6.45, 7) is 5.09. The van der Waals surface area contributed by atoms with E-state index in [0.29, 0.717) is 11.3 Å². The minimum atomic E-state index is -1.08. The van der Waals surface area contributed by atoms with Crippen LogP contribution in [0.4, 0.5) is 0 Å². The number of aromatic nitrogens is 2. The average Bonchev–Trinajstić information content (AvgIpc) is 2.16. The highest BCUT2D eigenvalue weighted by molar-refractivity contribution is 6.14. The van der Waals surface area contributed by atoms with Gasteiger partial charge in [-0.25, -0.2) is 9.78 Å². The summed E-state index contributed by atoms with van der Waals surface area (Å²) in [7, 11) is 1.44. The molecule has 5 nitrogen and oxygen atoms in total. The Labute approximate surface area is 81.1 Å². The van der Waals surface area contributed by atoms with E-state index >= 15 is 0 Å². The van der Waals surface area contributed by atoms with Crippen molar-refractivity contribution in [3.63, 3.8) is 0 Å². The van der Waals surface area contributed by atoms with Crippen LogP contribution in [0.25, 0.3) is 5.57 Å². The van der Waals surface area contributed by atoms with Crippen LogP contribution in [0.3, 0.4) is 0 Å². The van der Waals surface area contributed by atoms with Crippen LogP contribution in [0.1, 0.15) is 11.3 Å². The van der Waals surface area contributed by atoms with Crippen LogP contribution in [0.2, 0.25) is 0 Å². The minimum absolute atomic E-state index is 0.0230. The molecule has 0 unspecified atom stereocenters. The molecule has 5 heteroatoms. The highest BCUT2D eigenvalue weighted by Crippen LogP contribution is 2.16. The van der Waals surface area contributed by atoms with Crippen LogP contribution in [0.15, 0.2) is 12.8 Å². The molecule has 1 aromatic heterocycles. The molecule has 1 aromatic rings. The fraction of sp³-hybridized carbons (Fsp3) is 0.222. The van der Waals surface area contributed by atoms with Gasteiger partial charge in [0.15, 0.2) is 0 Å². The van der Waals surface area contributed by atoms with Crippen molar-refractivity contribution in [2.45, 2.75) is 6.92 Å². The van der Waals surface area contributed by atoms with E-state index in [-0.39, 0.29) is 11.6 Å². The molecule has 0 spiro atoms. The molecule has 1 heterocycles. The molecule has 0 aliphatic heterocycles. The van der Waals surface area contributed by atoms with E-state index in [1.54, 1.807) is 6.92 Å². The molecule has 74 valence electrons. The van der Waals surface area contributed by atoms with Crippen LogP contribution >= 0.6 is 0 Å². The van der Waals surface area contributed by atoms with Gasteiger partial charge in [-0.15, -0.1) is 0 Å². The predicted octanol–water partition coefficient (Wildman–Crippen LogP) is 0.891. The zero-order valence-corrected chi connectivity index (χ0v) is 7.94. The standard InChI is InChI=1S/C9H10N2O3/c1-5(8(12)13)7-4-10-9(14-3)11-6(7)2/h4H,1H2,2-3H3,(H,12,13). The van der Waals surface area contributed by atoms with Crippen molar-refractivity contribution in [2.24, 2.45) is 0 Å². The predicted molar refractivity (Wildman–Crippen MR) is 50.0 cm³/mol. The first-order valence-electron chi connectivity index (χ1n) is 3.86. The van der Waals surface area contributed by atoms with E-state index in [1.165, 1.54) is 13.3 Å². The third-order valence-corrected chi connectivity index (χ3v) is 1.72. The maximum Gasteiger partial charge on any atom is 0.335 e. The van der Waals surface area contributed by atoms with Gasteiger partial charge >= 0.3 is 12.0 Å². The molecule has 1 N–H and O–H groups in total. The highest BCUT2D eigenvalue weighted by atomic mass is 16.5. The number of carboxylic acid groups (broad SMARTS) is 1. The van der Waals surface area contributed by atoms with Crippen molar-refractivity contribution in [1.82, 2.24) is 9.97 Å². The Morgan fingerprint density at radius 3 is 2.71 bits per heavy atom. The van der Waals surface area contributed by atoms with E-state index in [0.717, 1.165) is 0 Å². The van der Waals surface area contributed by atoms with Crippen LogP contribution in [0, 0.1) is 6.92 Å². The van der Waals surface area contributed by atoms with E-state index < -0.39 is 5.97 Å². The number of methoxy groups -OCH3 is 1. The molecule has 0 aliphatic carbocycles. The number of aliphatic carboxylic acids is 1. The average molecular weight is 194 g/mol. The fourth-order valence-electron chi connectivity index (χ4n) is 0.956. The lowest BCUT2D eigenvalue weighted by Crippen LogP contribution is -2.03. The van der Waals surface area contributed by atoms with E-state index in [4.69, 9.17) is 9.84 Å². The zero-order chi connectivity index (χ0) is 10.7. The van der Waals surface area contributed by atoms with Gasteiger partial charge in [0.05, 0.1) is 18.4 Å². The van der Waals surface area contributed by atoms with Crippen LogP contribution in [0.5, 0.6) is 6.01 Å². The van der Waals surface area contributed by atoms with E-state index in [2.05, 4.69) is 16.5 Å². The molecular formula is C9H10N2O3. The van der Waals surface area contributed by atoms with Crippen molar-refractivity contribution in [3.8, 4) is 6.01 Å². The van der Waals surface area contributed by atoms with Crippen LogP contribution in [-0.2, 0) is 4.79 Å². The summed E-state index contributed by atoms with van der Waals surface area (Å²) < 4.78 is 4.79. The van der Waals surface area contributed by atoms with Crippen molar-refractivity contribution in [3.05, 3.63) is 24.0 Å². The van der Waals surface area contributed by atoms with Crippen molar-refractivity contribution in [2.75, 3.05) is 7.11 Å². The summed E-state index contributed by atoms with van der Waals surface area (Å²) >= 11 is 0. The topological polar surface area (TPSA) is 72.3 Å². The molecule has 14 heavy (non-hydrogen) atoms. The summed E-state index contributed by atoms with van der Waals surface area (Å²) in [5.41, 5.74) is 0.924. The van der Waals surface area contributed by atoms with Gasteiger partial charge in [0.1, 0.15) is 0 Å². The molecular weight excluding hydrogens is 184 g/mol. The third kappa shape index (κ3) is 1.87. The lowest BCUT2D eigenvalue weighted by molar-refractivity contribution is -0.130.